The fourth-order valence-corrected chi connectivity index (χ4v) is 5.08. The minimum absolute atomic E-state index is 0.00403. The average Bonchev–Trinajstić information content (AvgIpc) is 2.82. The van der Waals surface area contributed by atoms with Gasteiger partial charge in [-0.3, -0.25) is 14.4 Å². The van der Waals surface area contributed by atoms with E-state index in [4.69, 9.17) is 11.6 Å². The minimum Gasteiger partial charge on any atom is -0.374 e. The van der Waals surface area contributed by atoms with E-state index in [0.29, 0.717) is 23.4 Å². The second kappa shape index (κ2) is 9.54. The first-order valence-electron chi connectivity index (χ1n) is 11.8. The van der Waals surface area contributed by atoms with Crippen LogP contribution in [-0.4, -0.2) is 47.0 Å². The Hall–Kier alpha value is -3.46. The van der Waals surface area contributed by atoms with E-state index in [1.807, 2.05) is 19.1 Å². The van der Waals surface area contributed by atoms with Crippen LogP contribution in [0.4, 0.5) is 14.5 Å². The van der Waals surface area contributed by atoms with Crippen molar-refractivity contribution in [2.45, 2.75) is 44.4 Å². The molecule has 0 radical (unpaired) electrons. The molecule has 2 heterocycles. The second-order valence-corrected chi connectivity index (χ2v) is 9.82. The minimum atomic E-state index is -0.925. The van der Waals surface area contributed by atoms with Crippen LogP contribution >= 0.6 is 11.6 Å². The standard InChI is InChI=1S/C26H25ClF2N4O3/c1-13-19-3-2-16(27)6-14(19)4-5-33(13)24(34)12-30-22-7-15-8-23(26(36)31-18-9-17(28)10-18)32-25(35)20(15)11-21(22)29/h2-3,6-8,11,13,17-18,30H,4-5,9-10,12H2,1H3,(H,31,36)(H,32,35)/t13-,17?,18?/m0/s1. The van der Waals surface area contributed by atoms with E-state index in [1.165, 1.54) is 12.1 Å². The molecule has 1 saturated carbocycles. The number of hydrogen-bond donors (Lipinski definition) is 3. The number of alkyl halides is 1. The molecule has 0 unspecified atom stereocenters. The number of H-pyrrole nitrogens is 1. The van der Waals surface area contributed by atoms with Crippen molar-refractivity contribution >= 4 is 39.9 Å². The van der Waals surface area contributed by atoms with Crippen molar-refractivity contribution in [2.24, 2.45) is 0 Å². The molecule has 2 aliphatic rings. The van der Waals surface area contributed by atoms with Gasteiger partial charge in [-0.25, -0.2) is 8.78 Å². The molecule has 1 fully saturated rings. The lowest BCUT2D eigenvalue weighted by Gasteiger charge is -2.35. The van der Waals surface area contributed by atoms with Crippen LogP contribution in [0, 0.1) is 5.82 Å². The quantitative estimate of drug-likeness (QED) is 0.477. The molecule has 1 aliphatic carbocycles. The largest absolute Gasteiger partial charge is 0.374 e. The third-order valence-electron chi connectivity index (χ3n) is 6.99. The lowest BCUT2D eigenvalue weighted by molar-refractivity contribution is -0.131. The number of halogens is 3. The van der Waals surface area contributed by atoms with Crippen LogP contribution in [0.25, 0.3) is 10.8 Å². The summed E-state index contributed by atoms with van der Waals surface area (Å²) in [7, 11) is 0. The van der Waals surface area contributed by atoms with E-state index in [1.54, 1.807) is 11.0 Å². The van der Waals surface area contributed by atoms with Gasteiger partial charge in [0.1, 0.15) is 17.7 Å². The molecule has 1 aromatic heterocycles. The van der Waals surface area contributed by atoms with Crippen LogP contribution in [-0.2, 0) is 11.2 Å². The molecule has 2 amide bonds. The molecule has 5 rings (SSSR count). The van der Waals surface area contributed by atoms with Crippen LogP contribution in [0.1, 0.15) is 47.4 Å². The Balaban J connectivity index is 1.31. The van der Waals surface area contributed by atoms with Gasteiger partial charge in [-0.15, -0.1) is 0 Å². The highest BCUT2D eigenvalue weighted by molar-refractivity contribution is 6.30. The summed E-state index contributed by atoms with van der Waals surface area (Å²) in [4.78, 5) is 42.1. The molecule has 2 aromatic carbocycles. The first-order valence-corrected chi connectivity index (χ1v) is 12.2. The van der Waals surface area contributed by atoms with Gasteiger partial charge in [0.2, 0.25) is 5.91 Å². The van der Waals surface area contributed by atoms with Gasteiger partial charge < -0.3 is 20.5 Å². The third-order valence-corrected chi connectivity index (χ3v) is 7.22. The van der Waals surface area contributed by atoms with Crippen molar-refractivity contribution in [1.29, 1.82) is 0 Å². The molecule has 3 N–H and O–H groups in total. The molecule has 7 nitrogen and oxygen atoms in total. The van der Waals surface area contributed by atoms with E-state index in [0.717, 1.165) is 17.2 Å². The summed E-state index contributed by atoms with van der Waals surface area (Å²) >= 11 is 6.09. The van der Waals surface area contributed by atoms with Crippen molar-refractivity contribution in [2.75, 3.05) is 18.4 Å². The van der Waals surface area contributed by atoms with Gasteiger partial charge in [0, 0.05) is 17.6 Å². The number of amides is 2. The van der Waals surface area contributed by atoms with Gasteiger partial charge in [0.15, 0.2) is 0 Å². The van der Waals surface area contributed by atoms with E-state index >= 15 is 0 Å². The van der Waals surface area contributed by atoms with Crippen molar-refractivity contribution < 1.29 is 18.4 Å². The normalized spacial score (nSPS) is 21.0. The fourth-order valence-electron chi connectivity index (χ4n) is 4.89. The molecule has 36 heavy (non-hydrogen) atoms. The highest BCUT2D eigenvalue weighted by Crippen LogP contribution is 2.31. The Labute approximate surface area is 210 Å². The van der Waals surface area contributed by atoms with Crippen molar-refractivity contribution in [3.05, 3.63) is 74.4 Å². The molecule has 188 valence electrons. The number of hydrogen-bond acceptors (Lipinski definition) is 4. The maximum atomic E-state index is 14.8. The van der Waals surface area contributed by atoms with Crippen LogP contribution in [0.2, 0.25) is 5.02 Å². The van der Waals surface area contributed by atoms with E-state index in [2.05, 4.69) is 15.6 Å². The maximum Gasteiger partial charge on any atom is 0.268 e. The molecule has 0 saturated heterocycles. The summed E-state index contributed by atoms with van der Waals surface area (Å²) in [6.45, 7) is 2.32. The summed E-state index contributed by atoms with van der Waals surface area (Å²) in [5.74, 6) is -1.41. The first-order chi connectivity index (χ1) is 17.2. The zero-order valence-electron chi connectivity index (χ0n) is 19.5. The monoisotopic (exact) mass is 514 g/mol. The lowest BCUT2D eigenvalue weighted by Crippen LogP contribution is -2.45. The van der Waals surface area contributed by atoms with Gasteiger partial charge in [-0.2, -0.15) is 0 Å². The Morgan fingerprint density at radius 3 is 2.72 bits per heavy atom. The fraction of sp³-hybridized carbons (Fsp3) is 0.346. The second-order valence-electron chi connectivity index (χ2n) is 9.38. The number of fused-ring (bicyclic) bond motifs is 2. The number of carbonyl (C=O) groups excluding carboxylic acids is 2. The maximum absolute atomic E-state index is 14.8. The van der Waals surface area contributed by atoms with E-state index < -0.39 is 23.5 Å². The molecule has 10 heteroatoms. The van der Waals surface area contributed by atoms with Gasteiger partial charge in [-0.1, -0.05) is 17.7 Å². The predicted molar refractivity (Wildman–Crippen MR) is 134 cm³/mol. The Bertz CT molecular complexity index is 1420. The molecule has 1 atom stereocenters. The van der Waals surface area contributed by atoms with Crippen molar-refractivity contribution in [3.8, 4) is 0 Å². The van der Waals surface area contributed by atoms with Gasteiger partial charge in [0.05, 0.1) is 23.7 Å². The zero-order chi connectivity index (χ0) is 25.6. The van der Waals surface area contributed by atoms with Crippen molar-refractivity contribution in [3.63, 3.8) is 0 Å². The lowest BCUT2D eigenvalue weighted by atomic mass is 9.91. The summed E-state index contributed by atoms with van der Waals surface area (Å²) in [6.07, 6.45) is 0.237. The van der Waals surface area contributed by atoms with E-state index in [9.17, 15) is 23.2 Å². The van der Waals surface area contributed by atoms with Gasteiger partial charge >= 0.3 is 0 Å². The predicted octanol–water partition coefficient (Wildman–Crippen LogP) is 4.11. The highest BCUT2D eigenvalue weighted by Gasteiger charge is 2.31. The van der Waals surface area contributed by atoms with Crippen LogP contribution in [0.5, 0.6) is 0 Å². The van der Waals surface area contributed by atoms with Gasteiger partial charge in [-0.05, 0) is 73.0 Å². The molecular weight excluding hydrogens is 490 g/mol. The van der Waals surface area contributed by atoms with Crippen molar-refractivity contribution in [1.82, 2.24) is 15.2 Å². The van der Waals surface area contributed by atoms with Gasteiger partial charge in [0.25, 0.3) is 11.5 Å². The third kappa shape index (κ3) is 4.67. The number of benzene rings is 2. The number of anilines is 1. The molecular formula is C26H25ClF2N4O3. The summed E-state index contributed by atoms with van der Waals surface area (Å²) in [6, 6.07) is 9.14. The molecule has 0 spiro atoms. The molecule has 0 bridgehead atoms. The SMILES string of the molecule is C[C@H]1c2ccc(Cl)cc2CCN1C(=O)CNc1cc2cc(C(=O)NC3CC(F)C3)[nH]c(=O)c2cc1F. The summed E-state index contributed by atoms with van der Waals surface area (Å²) < 4.78 is 27.8. The number of aromatic nitrogens is 1. The first kappa shape index (κ1) is 24.2. The number of nitrogens with one attached hydrogen (secondary N) is 3. The Morgan fingerprint density at radius 1 is 1.19 bits per heavy atom. The topological polar surface area (TPSA) is 94.3 Å². The number of aromatic amines is 1. The number of carbonyl (C=O) groups is 2. The summed E-state index contributed by atoms with van der Waals surface area (Å²) in [5.41, 5.74) is 1.58. The molecule has 3 aromatic rings. The zero-order valence-corrected chi connectivity index (χ0v) is 20.3. The summed E-state index contributed by atoms with van der Waals surface area (Å²) in [5, 5.41) is 6.59. The van der Waals surface area contributed by atoms with E-state index in [-0.39, 0.29) is 54.1 Å². The average molecular weight is 515 g/mol. The highest BCUT2D eigenvalue weighted by atomic mass is 35.5. The number of nitrogens with zero attached hydrogens (tertiary/aromatic N) is 1. The van der Waals surface area contributed by atoms with Crippen LogP contribution < -0.4 is 16.2 Å². The molecule has 1 aliphatic heterocycles. The number of rotatable bonds is 5. The van der Waals surface area contributed by atoms with Crippen LogP contribution in [0.3, 0.4) is 0 Å². The Morgan fingerprint density at radius 2 is 1.97 bits per heavy atom. The number of pyridine rings is 1. The Kier molecular flexibility index (Phi) is 6.42. The smallest absolute Gasteiger partial charge is 0.268 e. The van der Waals surface area contributed by atoms with Crippen LogP contribution in [0.15, 0.2) is 41.2 Å².